The van der Waals surface area contributed by atoms with Crippen molar-refractivity contribution >= 4 is 11.0 Å². The van der Waals surface area contributed by atoms with E-state index in [0.29, 0.717) is 0 Å². The number of furan rings is 1. The number of hydrogen-bond donors (Lipinski definition) is 0. The molecule has 11 aromatic rings. The SMILES string of the molecule is c1ccc(-c2ccc(C(CCc3ccc4c(c3)C3(c5ccccc5-c5ccccc53)c3c-4oc4ccccc34)c3ccc4c(c3)C3(c5ccccc5-c5ccccc53)c3ccccc3-4)cc2)cc1. The Bertz CT molecular complexity index is 3760. The molecule has 2 spiro atoms. The summed E-state index contributed by atoms with van der Waals surface area (Å²) >= 11 is 0. The van der Waals surface area contributed by atoms with Gasteiger partial charge in [-0.25, -0.2) is 0 Å². The fraction of sp³-hybridized carbons (Fsp3) is 0.0746. The van der Waals surface area contributed by atoms with Gasteiger partial charge in [0.05, 0.1) is 10.8 Å². The van der Waals surface area contributed by atoms with E-state index >= 15 is 0 Å². The minimum Gasteiger partial charge on any atom is -0.456 e. The lowest BCUT2D eigenvalue weighted by atomic mass is 9.69. The second kappa shape index (κ2) is 14.1. The summed E-state index contributed by atoms with van der Waals surface area (Å²) in [5.41, 5.74) is 26.5. The Morgan fingerprint density at radius 3 is 1.40 bits per heavy atom. The van der Waals surface area contributed by atoms with Crippen LogP contribution in [0.4, 0.5) is 0 Å². The average Bonchev–Trinajstić information content (AvgIpc) is 4.17. The molecule has 1 nitrogen and oxygen atoms in total. The molecule has 0 bridgehead atoms. The average molecular weight is 865 g/mol. The van der Waals surface area contributed by atoms with Crippen molar-refractivity contribution < 1.29 is 4.42 Å². The van der Waals surface area contributed by atoms with Crippen LogP contribution in [0.2, 0.25) is 0 Å². The summed E-state index contributed by atoms with van der Waals surface area (Å²) in [5.74, 6) is 1.14. The molecule has 0 radical (unpaired) electrons. The van der Waals surface area contributed by atoms with Gasteiger partial charge in [0.25, 0.3) is 0 Å². The van der Waals surface area contributed by atoms with Crippen LogP contribution in [0.15, 0.2) is 241 Å². The minimum absolute atomic E-state index is 0.145. The first-order chi connectivity index (χ1) is 33.7. The van der Waals surface area contributed by atoms with Crippen molar-refractivity contribution in [2.24, 2.45) is 0 Å². The van der Waals surface area contributed by atoms with Gasteiger partial charge < -0.3 is 4.42 Å². The summed E-state index contributed by atoms with van der Waals surface area (Å²) in [7, 11) is 0. The molecule has 0 N–H and O–H groups in total. The summed E-state index contributed by atoms with van der Waals surface area (Å²) in [6, 6.07) is 89.1. The summed E-state index contributed by atoms with van der Waals surface area (Å²) in [4.78, 5) is 0. The quantitative estimate of drug-likeness (QED) is 0.162. The Labute approximate surface area is 396 Å². The van der Waals surface area contributed by atoms with Crippen molar-refractivity contribution in [2.75, 3.05) is 0 Å². The van der Waals surface area contributed by atoms with Gasteiger partial charge in [0.1, 0.15) is 11.3 Å². The highest BCUT2D eigenvalue weighted by molar-refractivity contribution is 6.02. The second-order valence-corrected chi connectivity index (χ2v) is 19.3. The molecule has 1 heteroatoms. The number of benzene rings is 10. The van der Waals surface area contributed by atoms with Gasteiger partial charge in [-0.3, -0.25) is 0 Å². The Hall–Kier alpha value is -8.26. The van der Waals surface area contributed by atoms with Crippen molar-refractivity contribution in [3.8, 4) is 55.8 Å². The highest BCUT2D eigenvalue weighted by Gasteiger charge is 2.55. The topological polar surface area (TPSA) is 13.1 Å². The van der Waals surface area contributed by atoms with Crippen LogP contribution in [0.3, 0.4) is 0 Å². The van der Waals surface area contributed by atoms with Gasteiger partial charge in [-0.15, -0.1) is 0 Å². The number of fused-ring (bicyclic) bond motifs is 22. The summed E-state index contributed by atoms with van der Waals surface area (Å²) < 4.78 is 6.89. The van der Waals surface area contributed by atoms with Gasteiger partial charge >= 0.3 is 0 Å². The molecule has 318 valence electrons. The van der Waals surface area contributed by atoms with E-state index in [4.69, 9.17) is 4.42 Å². The van der Waals surface area contributed by atoms with Crippen LogP contribution in [0.25, 0.3) is 66.8 Å². The summed E-state index contributed by atoms with van der Waals surface area (Å²) in [5, 5.41) is 1.19. The smallest absolute Gasteiger partial charge is 0.140 e. The maximum absolute atomic E-state index is 6.89. The van der Waals surface area contributed by atoms with Crippen molar-refractivity contribution in [2.45, 2.75) is 29.6 Å². The highest BCUT2D eigenvalue weighted by atomic mass is 16.3. The fourth-order valence-corrected chi connectivity index (χ4v) is 13.5. The molecular weight excluding hydrogens is 821 g/mol. The first-order valence-electron chi connectivity index (χ1n) is 24.2. The third kappa shape index (κ3) is 4.90. The van der Waals surface area contributed by atoms with E-state index in [9.17, 15) is 0 Å². The number of rotatable bonds is 6. The number of hydrogen-bond acceptors (Lipinski definition) is 1. The Kier molecular flexibility index (Phi) is 7.88. The van der Waals surface area contributed by atoms with Crippen LogP contribution in [0.1, 0.15) is 73.5 Å². The van der Waals surface area contributed by atoms with Crippen molar-refractivity contribution in [1.29, 1.82) is 0 Å². The molecule has 0 saturated heterocycles. The van der Waals surface area contributed by atoms with Gasteiger partial charge in [0.15, 0.2) is 0 Å². The third-order valence-electron chi connectivity index (χ3n) is 16.2. The largest absolute Gasteiger partial charge is 0.456 e. The van der Waals surface area contributed by atoms with Crippen LogP contribution in [0.5, 0.6) is 0 Å². The molecule has 15 rings (SSSR count). The molecule has 1 heterocycles. The fourth-order valence-electron chi connectivity index (χ4n) is 13.5. The lowest BCUT2D eigenvalue weighted by Crippen LogP contribution is -2.26. The standard InChI is InChI=1S/C67H44O/c1-2-16-43(17-3-1)44-32-34-45(35-33-44)47(46-36-39-53-52-22-6-12-26-58(52)66(62(53)41-46)56-24-10-4-18-48(56)49-19-5-11-25-57(49)66)37-30-42-31-38-54-61(40-42)67(64-55-23-9-15-29-63(55)68-65(54)64)59-27-13-7-20-50(59)51-21-8-14-28-60(51)67/h1-29,31-36,38-41,47H,30,37H2. The monoisotopic (exact) mass is 864 g/mol. The maximum atomic E-state index is 6.89. The molecule has 4 aliphatic carbocycles. The van der Waals surface area contributed by atoms with Gasteiger partial charge in [-0.05, 0) is 119 Å². The first-order valence-corrected chi connectivity index (χ1v) is 24.2. The Balaban J connectivity index is 0.894. The maximum Gasteiger partial charge on any atom is 0.140 e. The van der Waals surface area contributed by atoms with Gasteiger partial charge in [0, 0.05) is 22.4 Å². The van der Waals surface area contributed by atoms with Crippen LogP contribution >= 0.6 is 0 Å². The lowest BCUT2D eigenvalue weighted by Gasteiger charge is -2.31. The molecule has 1 aromatic heterocycles. The van der Waals surface area contributed by atoms with Crippen LogP contribution in [-0.4, -0.2) is 0 Å². The van der Waals surface area contributed by atoms with Crippen molar-refractivity contribution in [3.05, 3.63) is 298 Å². The van der Waals surface area contributed by atoms with Gasteiger partial charge in [0.2, 0.25) is 0 Å². The Morgan fingerprint density at radius 1 is 0.338 bits per heavy atom. The molecule has 1 atom stereocenters. The van der Waals surface area contributed by atoms with E-state index < -0.39 is 10.8 Å². The van der Waals surface area contributed by atoms with Gasteiger partial charge in [-0.2, -0.15) is 0 Å². The number of para-hydroxylation sites is 1. The third-order valence-corrected chi connectivity index (χ3v) is 16.2. The van der Waals surface area contributed by atoms with E-state index in [1.807, 2.05) is 0 Å². The van der Waals surface area contributed by atoms with Crippen molar-refractivity contribution in [1.82, 2.24) is 0 Å². The molecule has 0 amide bonds. The number of aryl methyl sites for hydroxylation is 1. The van der Waals surface area contributed by atoms with E-state index in [1.165, 1.54) is 117 Å². The molecule has 4 aliphatic rings. The predicted molar refractivity (Wildman–Crippen MR) is 277 cm³/mol. The van der Waals surface area contributed by atoms with Crippen LogP contribution in [-0.2, 0) is 17.3 Å². The van der Waals surface area contributed by atoms with E-state index in [0.717, 1.165) is 24.2 Å². The molecule has 0 saturated carbocycles. The zero-order chi connectivity index (χ0) is 44.6. The zero-order valence-corrected chi connectivity index (χ0v) is 37.4. The lowest BCUT2D eigenvalue weighted by molar-refractivity contribution is 0.628. The van der Waals surface area contributed by atoms with Crippen LogP contribution < -0.4 is 0 Å². The zero-order valence-electron chi connectivity index (χ0n) is 37.4. The molecule has 10 aromatic carbocycles. The van der Waals surface area contributed by atoms with Crippen LogP contribution in [0, 0.1) is 0 Å². The molecule has 68 heavy (non-hydrogen) atoms. The predicted octanol–water partition coefficient (Wildman–Crippen LogP) is 16.6. The first kappa shape index (κ1) is 37.9. The molecule has 0 aliphatic heterocycles. The summed E-state index contributed by atoms with van der Waals surface area (Å²) in [6.07, 6.45) is 1.86. The molecular formula is C67H44O. The second-order valence-electron chi connectivity index (χ2n) is 19.3. The normalized spacial score (nSPS) is 14.8. The van der Waals surface area contributed by atoms with E-state index in [1.54, 1.807) is 0 Å². The summed E-state index contributed by atoms with van der Waals surface area (Å²) in [6.45, 7) is 0. The molecule has 0 fully saturated rings. The van der Waals surface area contributed by atoms with E-state index in [2.05, 4.69) is 237 Å². The van der Waals surface area contributed by atoms with Gasteiger partial charge in [-0.1, -0.05) is 231 Å². The minimum atomic E-state index is -0.482. The molecule has 1 unspecified atom stereocenters. The van der Waals surface area contributed by atoms with E-state index in [-0.39, 0.29) is 5.92 Å². The highest BCUT2D eigenvalue weighted by Crippen LogP contribution is 2.66. The Morgan fingerprint density at radius 2 is 0.794 bits per heavy atom. The van der Waals surface area contributed by atoms with Crippen molar-refractivity contribution in [3.63, 3.8) is 0 Å².